The number of nitrogens with zero attached hydrogens (tertiary/aromatic N) is 5. The topological polar surface area (TPSA) is 127 Å². The van der Waals surface area contributed by atoms with E-state index in [4.69, 9.17) is 4.74 Å². The van der Waals surface area contributed by atoms with E-state index in [1.165, 1.54) is 34.2 Å². The number of anilines is 2. The van der Waals surface area contributed by atoms with E-state index in [2.05, 4.69) is 25.5 Å². The van der Waals surface area contributed by atoms with E-state index < -0.39 is 5.97 Å². The molecule has 3 aromatic rings. The fourth-order valence-corrected chi connectivity index (χ4v) is 4.14. The van der Waals surface area contributed by atoms with Gasteiger partial charge in [0.15, 0.2) is 11.0 Å². The Kier molecular flexibility index (Phi) is 6.42. The second-order valence-electron chi connectivity index (χ2n) is 6.52. The van der Waals surface area contributed by atoms with E-state index in [-0.39, 0.29) is 36.3 Å². The molecule has 0 unspecified atom stereocenters. The molecular weight excluding hydrogens is 452 g/mol. The van der Waals surface area contributed by atoms with Gasteiger partial charge in [-0.15, -0.1) is 10.2 Å². The van der Waals surface area contributed by atoms with Gasteiger partial charge in [-0.05, 0) is 25.3 Å². The maximum Gasteiger partial charge on any atom is 0.343 e. The van der Waals surface area contributed by atoms with Crippen LogP contribution >= 0.6 is 23.1 Å². The summed E-state index contributed by atoms with van der Waals surface area (Å²) in [6, 6.07) is 6.76. The summed E-state index contributed by atoms with van der Waals surface area (Å²) in [5.74, 6) is -0.889. The molecule has 2 aromatic heterocycles. The minimum absolute atomic E-state index is 0.187. The Balaban J connectivity index is 1.46. The molecule has 1 aromatic carbocycles. The highest BCUT2D eigenvalue weighted by Crippen LogP contribution is 2.26. The lowest BCUT2D eigenvalue weighted by molar-refractivity contribution is 0.0525. The third-order valence-electron chi connectivity index (χ3n) is 4.56. The molecule has 0 fully saturated rings. The Morgan fingerprint density at radius 1 is 1.19 bits per heavy atom. The average molecular weight is 471 g/mol. The van der Waals surface area contributed by atoms with Gasteiger partial charge in [0.05, 0.1) is 17.7 Å². The zero-order valence-electron chi connectivity index (χ0n) is 17.2. The maximum absolute atomic E-state index is 12.5. The number of thioether (sulfide) groups is 1. The number of carbonyl (C=O) groups is 3. The monoisotopic (exact) mass is 470 g/mol. The molecule has 0 radical (unpaired) electrons. The minimum atomic E-state index is -0.544. The minimum Gasteiger partial charge on any atom is -0.462 e. The van der Waals surface area contributed by atoms with Crippen LogP contribution in [0.5, 0.6) is 0 Å². The summed E-state index contributed by atoms with van der Waals surface area (Å²) in [5, 5.41) is 12.7. The van der Waals surface area contributed by atoms with Crippen LogP contribution in [0.4, 0.5) is 10.9 Å². The molecule has 0 saturated carbocycles. The number of rotatable bonds is 8. The Morgan fingerprint density at radius 3 is 2.56 bits per heavy atom. The van der Waals surface area contributed by atoms with Crippen LogP contribution in [0.3, 0.4) is 0 Å². The largest absolute Gasteiger partial charge is 0.462 e. The molecule has 164 valence electrons. The number of benzene rings is 1. The van der Waals surface area contributed by atoms with Gasteiger partial charge in [0, 0.05) is 19.2 Å². The third-order valence-corrected chi connectivity index (χ3v) is 6.02. The molecule has 12 heteroatoms. The Hall–Kier alpha value is -3.38. The summed E-state index contributed by atoms with van der Waals surface area (Å²) in [6.07, 6.45) is 3.59. The number of aromatic nitrogens is 4. The molecule has 2 amide bonds. The van der Waals surface area contributed by atoms with Gasteiger partial charge >= 0.3 is 5.97 Å². The molecule has 1 N–H and O–H groups in total. The van der Waals surface area contributed by atoms with Crippen molar-refractivity contribution < 1.29 is 19.1 Å². The maximum atomic E-state index is 12.5. The van der Waals surface area contributed by atoms with Gasteiger partial charge in [0.1, 0.15) is 10.6 Å². The summed E-state index contributed by atoms with van der Waals surface area (Å²) in [5.41, 5.74) is 1.02. The van der Waals surface area contributed by atoms with Gasteiger partial charge in [-0.25, -0.2) is 14.8 Å². The molecule has 10 nitrogen and oxygen atoms in total. The number of amides is 2. The number of fused-ring (bicyclic) bond motifs is 1. The smallest absolute Gasteiger partial charge is 0.343 e. The lowest BCUT2D eigenvalue weighted by atomic mass is 10.1. The second-order valence-corrected chi connectivity index (χ2v) is 8.36. The van der Waals surface area contributed by atoms with Crippen LogP contribution in [0, 0.1) is 0 Å². The van der Waals surface area contributed by atoms with Gasteiger partial charge in [0.25, 0.3) is 11.8 Å². The number of nitrogens with one attached hydrogen (secondary N) is 1. The van der Waals surface area contributed by atoms with Crippen LogP contribution in [0.25, 0.3) is 0 Å². The average Bonchev–Trinajstić information content (AvgIpc) is 3.35. The third kappa shape index (κ3) is 4.32. The zero-order chi connectivity index (χ0) is 22.7. The molecule has 0 atom stereocenters. The first-order valence-electron chi connectivity index (χ1n) is 9.64. The Bertz CT molecular complexity index is 1160. The van der Waals surface area contributed by atoms with Crippen LogP contribution in [-0.2, 0) is 11.2 Å². The van der Waals surface area contributed by atoms with E-state index in [9.17, 15) is 14.4 Å². The van der Waals surface area contributed by atoms with Crippen molar-refractivity contribution in [2.45, 2.75) is 18.5 Å². The highest BCUT2D eigenvalue weighted by Gasteiger charge is 2.34. The van der Waals surface area contributed by atoms with Gasteiger partial charge in [-0.2, -0.15) is 0 Å². The molecule has 32 heavy (non-hydrogen) atoms. The fraction of sp³-hybridized carbons (Fsp3) is 0.250. The number of esters is 1. The van der Waals surface area contributed by atoms with Crippen LogP contribution < -0.4 is 5.32 Å². The van der Waals surface area contributed by atoms with E-state index in [1.54, 1.807) is 31.2 Å². The zero-order valence-corrected chi connectivity index (χ0v) is 18.8. The number of carbonyl (C=O) groups excluding carboxylic acids is 3. The number of ether oxygens (including phenoxy) is 1. The number of hydrogen-bond acceptors (Lipinski definition) is 11. The quantitative estimate of drug-likeness (QED) is 0.227. The Morgan fingerprint density at radius 2 is 1.91 bits per heavy atom. The van der Waals surface area contributed by atoms with Crippen LogP contribution in [0.2, 0.25) is 0 Å². The first-order chi connectivity index (χ1) is 15.5. The fourth-order valence-electron chi connectivity index (χ4n) is 3.07. The highest BCUT2D eigenvalue weighted by molar-refractivity contribution is 7.98. The molecule has 0 bridgehead atoms. The van der Waals surface area contributed by atoms with Crippen molar-refractivity contribution in [3.8, 4) is 0 Å². The molecule has 4 rings (SSSR count). The van der Waals surface area contributed by atoms with Crippen LogP contribution in [-0.4, -0.2) is 62.3 Å². The van der Waals surface area contributed by atoms with Gasteiger partial charge in [-0.3, -0.25) is 14.5 Å². The van der Waals surface area contributed by atoms with Crippen molar-refractivity contribution in [2.75, 3.05) is 24.7 Å². The van der Waals surface area contributed by atoms with Gasteiger partial charge in [0.2, 0.25) is 5.13 Å². The summed E-state index contributed by atoms with van der Waals surface area (Å²) in [6.45, 7) is 2.13. The molecule has 0 spiro atoms. The lowest BCUT2D eigenvalue weighted by Gasteiger charge is -2.12. The van der Waals surface area contributed by atoms with E-state index in [0.717, 1.165) is 0 Å². The van der Waals surface area contributed by atoms with Gasteiger partial charge in [-0.1, -0.05) is 35.2 Å². The molecule has 0 saturated heterocycles. The standard InChI is InChI=1S/C20H18N6O4S2/c1-3-30-18(29)13-10-21-19(31-2)22-15(13)23-20-25-24-14(32-20)8-9-26-16(27)11-6-4-5-7-12(11)17(26)28/h4-7,10H,3,8-9H2,1-2H3,(H,21,22,23,25). The molecule has 1 aliphatic heterocycles. The van der Waals surface area contributed by atoms with E-state index in [0.29, 0.717) is 32.8 Å². The summed E-state index contributed by atoms with van der Waals surface area (Å²) in [7, 11) is 0. The number of hydrogen-bond donors (Lipinski definition) is 1. The summed E-state index contributed by atoms with van der Waals surface area (Å²) in [4.78, 5) is 46.9. The van der Waals surface area contributed by atoms with Crippen molar-refractivity contribution >= 4 is 51.8 Å². The molecule has 3 heterocycles. The van der Waals surface area contributed by atoms with Crippen molar-refractivity contribution in [3.05, 3.63) is 52.2 Å². The predicted octanol–water partition coefficient (Wildman–Crippen LogP) is 2.81. The molecular formula is C20H18N6O4S2. The van der Waals surface area contributed by atoms with Crippen molar-refractivity contribution in [1.82, 2.24) is 25.1 Å². The van der Waals surface area contributed by atoms with E-state index in [1.807, 2.05) is 6.26 Å². The Labute approximate surface area is 191 Å². The van der Waals surface area contributed by atoms with Crippen LogP contribution in [0.15, 0.2) is 35.6 Å². The lowest BCUT2D eigenvalue weighted by Crippen LogP contribution is -2.31. The molecule has 0 aliphatic carbocycles. The predicted molar refractivity (Wildman–Crippen MR) is 118 cm³/mol. The van der Waals surface area contributed by atoms with Crippen LogP contribution in [0.1, 0.15) is 43.0 Å². The van der Waals surface area contributed by atoms with Crippen molar-refractivity contribution in [1.29, 1.82) is 0 Å². The van der Waals surface area contributed by atoms with Gasteiger partial charge < -0.3 is 10.1 Å². The highest BCUT2D eigenvalue weighted by atomic mass is 32.2. The summed E-state index contributed by atoms with van der Waals surface area (Å²) >= 11 is 2.58. The normalized spacial score (nSPS) is 12.8. The molecule has 1 aliphatic rings. The second kappa shape index (κ2) is 9.40. The van der Waals surface area contributed by atoms with Crippen molar-refractivity contribution in [3.63, 3.8) is 0 Å². The SMILES string of the molecule is CCOC(=O)c1cnc(SC)nc1Nc1nnc(CCN2C(=O)c3ccccc3C2=O)s1. The first kappa shape index (κ1) is 21.8. The first-order valence-corrected chi connectivity index (χ1v) is 11.7. The van der Waals surface area contributed by atoms with Crippen molar-refractivity contribution in [2.24, 2.45) is 0 Å². The number of imide groups is 1. The summed E-state index contributed by atoms with van der Waals surface area (Å²) < 4.78 is 5.06. The van der Waals surface area contributed by atoms with E-state index >= 15 is 0 Å².